The van der Waals surface area contributed by atoms with Crippen LogP contribution in [-0.2, 0) is 6.42 Å². The van der Waals surface area contributed by atoms with Crippen LogP contribution in [0.2, 0.25) is 0 Å². The van der Waals surface area contributed by atoms with E-state index in [9.17, 15) is 5.11 Å². The minimum atomic E-state index is 0.334. The largest absolute Gasteiger partial charge is 0.508 e. The molecule has 0 bridgehead atoms. The second-order valence-corrected chi connectivity index (χ2v) is 8.09. The van der Waals surface area contributed by atoms with Gasteiger partial charge in [0.2, 0.25) is 0 Å². The minimum Gasteiger partial charge on any atom is -0.508 e. The molecule has 0 aliphatic heterocycles. The summed E-state index contributed by atoms with van der Waals surface area (Å²) in [6, 6.07) is 24.9. The molecule has 0 amide bonds. The average Bonchev–Trinajstić information content (AvgIpc) is 2.94. The van der Waals surface area contributed by atoms with Crippen molar-refractivity contribution in [1.82, 2.24) is 4.90 Å². The van der Waals surface area contributed by atoms with Gasteiger partial charge in [0.15, 0.2) is 0 Å². The summed E-state index contributed by atoms with van der Waals surface area (Å²) in [6.45, 7) is 1.56. The van der Waals surface area contributed by atoms with Gasteiger partial charge in [-0.1, -0.05) is 48.5 Å². The molecule has 4 rings (SSSR count). The van der Waals surface area contributed by atoms with Crippen molar-refractivity contribution in [3.05, 3.63) is 95.1 Å². The Kier molecular flexibility index (Phi) is 6.20. The van der Waals surface area contributed by atoms with Crippen molar-refractivity contribution >= 4 is 11.1 Å². The highest BCUT2D eigenvalue weighted by molar-refractivity contribution is 6.00. The average molecular weight is 400 g/mol. The minimum absolute atomic E-state index is 0.334. The molecule has 0 saturated carbocycles. The Balaban J connectivity index is 1.77. The van der Waals surface area contributed by atoms with Crippen LogP contribution in [0.25, 0.3) is 11.1 Å². The summed E-state index contributed by atoms with van der Waals surface area (Å²) >= 11 is 0. The van der Waals surface area contributed by atoms with Crippen molar-refractivity contribution in [2.45, 2.75) is 19.3 Å². The molecule has 1 aliphatic rings. The van der Waals surface area contributed by atoms with Crippen LogP contribution in [-0.4, -0.2) is 37.3 Å². The van der Waals surface area contributed by atoms with Crippen LogP contribution in [0.4, 0.5) is 0 Å². The molecule has 0 radical (unpaired) electrons. The Morgan fingerprint density at radius 3 is 2.37 bits per heavy atom. The van der Waals surface area contributed by atoms with E-state index in [-0.39, 0.29) is 0 Å². The van der Waals surface area contributed by atoms with Crippen LogP contribution in [0.3, 0.4) is 0 Å². The lowest BCUT2D eigenvalue weighted by Crippen LogP contribution is -2.19. The molecule has 3 heteroatoms. The third kappa shape index (κ3) is 4.58. The lowest BCUT2D eigenvalue weighted by atomic mass is 9.88. The van der Waals surface area contributed by atoms with Gasteiger partial charge in [0, 0.05) is 6.54 Å². The van der Waals surface area contributed by atoms with Gasteiger partial charge in [0.05, 0.1) is 0 Å². The first kappa shape index (κ1) is 20.2. The molecule has 0 fully saturated rings. The number of hydrogen-bond acceptors (Lipinski definition) is 3. The van der Waals surface area contributed by atoms with Crippen LogP contribution >= 0.6 is 0 Å². The van der Waals surface area contributed by atoms with E-state index in [1.165, 1.54) is 33.4 Å². The van der Waals surface area contributed by atoms with E-state index in [0.717, 1.165) is 31.6 Å². The normalized spacial score (nSPS) is 13.8. The first-order valence-electron chi connectivity index (χ1n) is 10.6. The number of likely N-dealkylation sites (N-methyl/N-ethyl adjacent to an activating group) is 1. The Morgan fingerprint density at radius 2 is 1.63 bits per heavy atom. The van der Waals surface area contributed by atoms with Gasteiger partial charge in [-0.15, -0.1) is 0 Å². The van der Waals surface area contributed by atoms with E-state index in [0.29, 0.717) is 12.4 Å². The Bertz CT molecular complexity index is 1020. The van der Waals surface area contributed by atoms with Crippen molar-refractivity contribution in [1.29, 1.82) is 0 Å². The maximum atomic E-state index is 10.0. The van der Waals surface area contributed by atoms with Crippen LogP contribution < -0.4 is 4.74 Å². The number of phenols is 1. The summed E-state index contributed by atoms with van der Waals surface area (Å²) < 4.78 is 5.89. The highest BCUT2D eigenvalue weighted by Crippen LogP contribution is 2.40. The van der Waals surface area contributed by atoms with Crippen molar-refractivity contribution in [2.24, 2.45) is 0 Å². The second kappa shape index (κ2) is 9.19. The Morgan fingerprint density at radius 1 is 0.867 bits per heavy atom. The molecule has 30 heavy (non-hydrogen) atoms. The van der Waals surface area contributed by atoms with Crippen molar-refractivity contribution in [2.75, 3.05) is 27.2 Å². The molecular formula is C27H29NO2. The van der Waals surface area contributed by atoms with E-state index >= 15 is 0 Å². The molecule has 3 aromatic rings. The molecule has 0 aromatic heterocycles. The molecule has 3 nitrogen and oxygen atoms in total. The Hall–Kier alpha value is -3.04. The molecule has 0 saturated heterocycles. The van der Waals surface area contributed by atoms with Crippen LogP contribution in [0.5, 0.6) is 11.5 Å². The van der Waals surface area contributed by atoms with Gasteiger partial charge in [-0.05, 0) is 91.0 Å². The van der Waals surface area contributed by atoms with E-state index in [1.807, 2.05) is 20.2 Å². The van der Waals surface area contributed by atoms with Gasteiger partial charge in [-0.3, -0.25) is 0 Å². The molecular weight excluding hydrogens is 370 g/mol. The van der Waals surface area contributed by atoms with Gasteiger partial charge < -0.3 is 14.7 Å². The number of benzene rings is 3. The predicted molar refractivity (Wildman–Crippen MR) is 124 cm³/mol. The lowest BCUT2D eigenvalue weighted by molar-refractivity contribution is 0.261. The maximum absolute atomic E-state index is 10.0. The molecule has 154 valence electrons. The summed E-state index contributed by atoms with van der Waals surface area (Å²) in [6.07, 6.45) is 3.04. The number of phenolic OH excluding ortho intramolecular Hbond substituents is 1. The summed E-state index contributed by atoms with van der Waals surface area (Å²) in [7, 11) is 4.09. The zero-order valence-corrected chi connectivity index (χ0v) is 17.8. The summed E-state index contributed by atoms with van der Waals surface area (Å²) in [5.41, 5.74) is 7.49. The summed E-state index contributed by atoms with van der Waals surface area (Å²) in [4.78, 5) is 2.11. The maximum Gasteiger partial charge on any atom is 0.119 e. The fourth-order valence-electron chi connectivity index (χ4n) is 4.10. The fourth-order valence-corrected chi connectivity index (χ4v) is 4.10. The van der Waals surface area contributed by atoms with Crippen molar-refractivity contribution in [3.63, 3.8) is 0 Å². The monoisotopic (exact) mass is 399 g/mol. The number of fused-ring (bicyclic) bond motifs is 1. The quantitative estimate of drug-likeness (QED) is 0.583. The van der Waals surface area contributed by atoms with Crippen LogP contribution in [0.15, 0.2) is 72.8 Å². The molecule has 0 atom stereocenters. The second-order valence-electron chi connectivity index (χ2n) is 8.09. The van der Waals surface area contributed by atoms with E-state index in [1.54, 1.807) is 6.07 Å². The van der Waals surface area contributed by atoms with Crippen molar-refractivity contribution in [3.8, 4) is 11.5 Å². The summed E-state index contributed by atoms with van der Waals surface area (Å²) in [5.74, 6) is 1.22. The van der Waals surface area contributed by atoms with E-state index in [4.69, 9.17) is 4.74 Å². The lowest BCUT2D eigenvalue weighted by Gasteiger charge is -2.17. The van der Waals surface area contributed by atoms with E-state index in [2.05, 4.69) is 65.6 Å². The van der Waals surface area contributed by atoms with Gasteiger partial charge in [-0.2, -0.15) is 0 Å². The van der Waals surface area contributed by atoms with Gasteiger partial charge >= 0.3 is 0 Å². The first-order valence-corrected chi connectivity index (χ1v) is 10.6. The number of allylic oxidation sites excluding steroid dienone is 1. The van der Waals surface area contributed by atoms with Gasteiger partial charge in [-0.25, -0.2) is 0 Å². The smallest absolute Gasteiger partial charge is 0.119 e. The molecule has 1 N–H and O–H groups in total. The third-order valence-electron chi connectivity index (χ3n) is 5.61. The zero-order chi connectivity index (χ0) is 20.9. The molecule has 3 aromatic carbocycles. The summed E-state index contributed by atoms with van der Waals surface area (Å²) in [5, 5.41) is 10.0. The molecule has 0 heterocycles. The number of aryl methyl sites for hydroxylation is 1. The fraction of sp³-hybridized carbons (Fsp3) is 0.259. The predicted octanol–water partition coefficient (Wildman–Crippen LogP) is 5.63. The standard InChI is InChI=1S/C27H29NO2/c1-28(2)17-18-30-24-14-11-21(12-15-24)27-25(20-7-4-3-5-8-20)10-6-9-22-19-23(29)13-16-26(22)27/h3-5,7-8,11-16,19,29H,6,9-10,17-18H2,1-2H3. The number of nitrogens with zero attached hydrogens (tertiary/aromatic N) is 1. The van der Waals surface area contributed by atoms with Crippen molar-refractivity contribution < 1.29 is 9.84 Å². The number of hydrogen-bond donors (Lipinski definition) is 1. The number of aromatic hydroxyl groups is 1. The van der Waals surface area contributed by atoms with Crippen LogP contribution in [0, 0.1) is 0 Å². The third-order valence-corrected chi connectivity index (χ3v) is 5.61. The van der Waals surface area contributed by atoms with Crippen LogP contribution in [0.1, 0.15) is 35.1 Å². The molecule has 1 aliphatic carbocycles. The molecule has 0 unspecified atom stereocenters. The SMILES string of the molecule is CN(C)CCOc1ccc(C2=C(c3ccccc3)CCCc3cc(O)ccc32)cc1. The molecule has 0 spiro atoms. The number of ether oxygens (including phenoxy) is 1. The van der Waals surface area contributed by atoms with Gasteiger partial charge in [0.25, 0.3) is 0 Å². The first-order chi connectivity index (χ1) is 14.6. The highest BCUT2D eigenvalue weighted by Gasteiger charge is 2.20. The van der Waals surface area contributed by atoms with E-state index < -0.39 is 0 Å². The Labute approximate surface area is 179 Å². The van der Waals surface area contributed by atoms with Gasteiger partial charge in [0.1, 0.15) is 18.1 Å². The highest BCUT2D eigenvalue weighted by atomic mass is 16.5. The number of rotatable bonds is 6. The topological polar surface area (TPSA) is 32.7 Å². The zero-order valence-electron chi connectivity index (χ0n) is 17.8.